The zero-order chi connectivity index (χ0) is 15.6. The average Bonchev–Trinajstić information content (AvgIpc) is 3.04. The highest BCUT2D eigenvalue weighted by Crippen LogP contribution is 2.40. The maximum absolute atomic E-state index is 11.9. The molecule has 4 heteroatoms. The fourth-order valence-electron chi connectivity index (χ4n) is 3.60. The molecule has 0 bridgehead atoms. The molecule has 1 aromatic heterocycles. The third kappa shape index (κ3) is 3.13. The lowest BCUT2D eigenvalue weighted by Gasteiger charge is -2.24. The first-order chi connectivity index (χ1) is 11.3. The summed E-state index contributed by atoms with van der Waals surface area (Å²) in [5.74, 6) is 1.22. The van der Waals surface area contributed by atoms with Crippen molar-refractivity contribution >= 4 is 22.9 Å². The van der Waals surface area contributed by atoms with Gasteiger partial charge in [0, 0.05) is 17.2 Å². The van der Waals surface area contributed by atoms with E-state index in [2.05, 4.69) is 29.6 Å². The summed E-state index contributed by atoms with van der Waals surface area (Å²) < 4.78 is 6.10. The van der Waals surface area contributed by atoms with Crippen LogP contribution >= 0.6 is 11.3 Å². The highest BCUT2D eigenvalue weighted by molar-refractivity contribution is 7.10. The van der Waals surface area contributed by atoms with Gasteiger partial charge in [-0.2, -0.15) is 0 Å². The van der Waals surface area contributed by atoms with Gasteiger partial charge in [0.25, 0.3) is 0 Å². The molecule has 2 heterocycles. The summed E-state index contributed by atoms with van der Waals surface area (Å²) in [4.78, 5) is 13.2. The second-order valence-electron chi connectivity index (χ2n) is 6.45. The molecule has 1 saturated carbocycles. The highest BCUT2D eigenvalue weighted by Gasteiger charge is 2.27. The maximum Gasteiger partial charge on any atom is 0.225 e. The van der Waals surface area contributed by atoms with Crippen molar-refractivity contribution in [3.05, 3.63) is 46.2 Å². The van der Waals surface area contributed by atoms with Gasteiger partial charge in [-0.15, -0.1) is 11.3 Å². The second-order valence-corrected chi connectivity index (χ2v) is 7.40. The van der Waals surface area contributed by atoms with E-state index in [0.29, 0.717) is 12.5 Å². The van der Waals surface area contributed by atoms with Crippen LogP contribution in [0.1, 0.15) is 54.9 Å². The van der Waals surface area contributed by atoms with E-state index in [1.54, 1.807) is 11.3 Å². The molecule has 1 aliphatic heterocycles. The summed E-state index contributed by atoms with van der Waals surface area (Å²) in [6.45, 7) is 0. The Morgan fingerprint density at radius 1 is 1.04 bits per heavy atom. The van der Waals surface area contributed by atoms with E-state index in [1.807, 2.05) is 11.4 Å². The lowest BCUT2D eigenvalue weighted by atomic mass is 9.90. The van der Waals surface area contributed by atoms with Crippen molar-refractivity contribution in [3.8, 4) is 5.75 Å². The standard InChI is InChI=1S/C19H21NO2S/c21-18-12-16(19-17(20-18)10-11-23-19)13-6-8-15(9-7-13)22-14-4-2-1-3-5-14/h6-11,14,16H,1-5,12H2,(H,20,21)/t16-/m1/s1. The summed E-state index contributed by atoms with van der Waals surface area (Å²) in [6.07, 6.45) is 7.13. The molecule has 3 nitrogen and oxygen atoms in total. The molecular weight excluding hydrogens is 306 g/mol. The number of amides is 1. The SMILES string of the molecule is O=C1C[C@H](c2ccc(OC3CCCCC3)cc2)c2sccc2N1. The van der Waals surface area contributed by atoms with Crippen LogP contribution in [0.3, 0.4) is 0 Å². The molecular formula is C19H21NO2S. The van der Waals surface area contributed by atoms with Gasteiger partial charge in [-0.05, 0) is 54.8 Å². The highest BCUT2D eigenvalue weighted by atomic mass is 32.1. The third-order valence-corrected chi connectivity index (χ3v) is 5.84. The molecule has 1 N–H and O–H groups in total. The van der Waals surface area contributed by atoms with E-state index >= 15 is 0 Å². The second kappa shape index (κ2) is 6.36. The number of benzene rings is 1. The van der Waals surface area contributed by atoms with Crippen LogP contribution in [0.15, 0.2) is 35.7 Å². The Bertz CT molecular complexity index is 686. The van der Waals surface area contributed by atoms with Crippen molar-refractivity contribution in [1.82, 2.24) is 0 Å². The normalized spacial score (nSPS) is 21.6. The number of carbonyl (C=O) groups excluding carboxylic acids is 1. The number of anilines is 1. The molecule has 120 valence electrons. The lowest BCUT2D eigenvalue weighted by Crippen LogP contribution is -2.22. The Hall–Kier alpha value is -1.81. The van der Waals surface area contributed by atoms with Crippen LogP contribution in [-0.2, 0) is 4.79 Å². The Balaban J connectivity index is 1.51. The third-order valence-electron chi connectivity index (χ3n) is 4.81. The summed E-state index contributed by atoms with van der Waals surface area (Å²) in [7, 11) is 0. The van der Waals surface area contributed by atoms with Crippen LogP contribution < -0.4 is 10.1 Å². The van der Waals surface area contributed by atoms with Crippen molar-refractivity contribution in [1.29, 1.82) is 0 Å². The van der Waals surface area contributed by atoms with E-state index in [0.717, 1.165) is 11.4 Å². The molecule has 1 fully saturated rings. The van der Waals surface area contributed by atoms with Gasteiger partial charge in [0.2, 0.25) is 5.91 Å². The van der Waals surface area contributed by atoms with E-state index in [1.165, 1.54) is 42.5 Å². The smallest absolute Gasteiger partial charge is 0.225 e. The molecule has 0 spiro atoms. The maximum atomic E-state index is 11.9. The molecule has 1 aliphatic carbocycles. The molecule has 0 radical (unpaired) electrons. The van der Waals surface area contributed by atoms with E-state index < -0.39 is 0 Å². The molecule has 1 atom stereocenters. The van der Waals surface area contributed by atoms with Crippen molar-refractivity contribution in [3.63, 3.8) is 0 Å². The largest absolute Gasteiger partial charge is 0.490 e. The number of fused-ring (bicyclic) bond motifs is 1. The van der Waals surface area contributed by atoms with Crippen molar-refractivity contribution in [2.24, 2.45) is 0 Å². The zero-order valence-corrected chi connectivity index (χ0v) is 13.9. The predicted octanol–water partition coefficient (Wildman–Crippen LogP) is 4.93. The molecule has 0 saturated heterocycles. The summed E-state index contributed by atoms with van der Waals surface area (Å²) in [5, 5.41) is 5.00. The van der Waals surface area contributed by atoms with Crippen LogP contribution in [0.2, 0.25) is 0 Å². The number of hydrogen-bond donors (Lipinski definition) is 1. The van der Waals surface area contributed by atoms with Gasteiger partial charge >= 0.3 is 0 Å². The van der Waals surface area contributed by atoms with Gasteiger partial charge in [0.05, 0.1) is 11.8 Å². The number of rotatable bonds is 3. The van der Waals surface area contributed by atoms with Crippen LogP contribution in [-0.4, -0.2) is 12.0 Å². The first-order valence-electron chi connectivity index (χ1n) is 8.43. The Morgan fingerprint density at radius 2 is 1.83 bits per heavy atom. The van der Waals surface area contributed by atoms with Crippen LogP contribution in [0.25, 0.3) is 0 Å². The molecule has 1 aromatic carbocycles. The van der Waals surface area contributed by atoms with Gasteiger partial charge in [0.1, 0.15) is 5.75 Å². The molecule has 2 aliphatic rings. The summed E-state index contributed by atoms with van der Waals surface area (Å²) in [5.41, 5.74) is 2.17. The lowest BCUT2D eigenvalue weighted by molar-refractivity contribution is -0.116. The Morgan fingerprint density at radius 3 is 2.61 bits per heavy atom. The number of ether oxygens (including phenoxy) is 1. The number of hydrogen-bond acceptors (Lipinski definition) is 3. The minimum Gasteiger partial charge on any atom is -0.490 e. The Labute approximate surface area is 140 Å². The predicted molar refractivity (Wildman–Crippen MR) is 93.4 cm³/mol. The quantitative estimate of drug-likeness (QED) is 0.867. The van der Waals surface area contributed by atoms with Crippen molar-refractivity contribution in [2.75, 3.05) is 5.32 Å². The van der Waals surface area contributed by atoms with Gasteiger partial charge in [0.15, 0.2) is 0 Å². The monoisotopic (exact) mass is 327 g/mol. The molecule has 0 unspecified atom stereocenters. The number of nitrogens with one attached hydrogen (secondary N) is 1. The van der Waals surface area contributed by atoms with E-state index in [4.69, 9.17) is 4.74 Å². The fourth-order valence-corrected chi connectivity index (χ4v) is 4.58. The minimum atomic E-state index is 0.100. The van der Waals surface area contributed by atoms with Crippen LogP contribution in [0.4, 0.5) is 5.69 Å². The number of carbonyl (C=O) groups is 1. The van der Waals surface area contributed by atoms with Gasteiger partial charge in [-0.25, -0.2) is 0 Å². The zero-order valence-electron chi connectivity index (χ0n) is 13.1. The first-order valence-corrected chi connectivity index (χ1v) is 9.31. The van der Waals surface area contributed by atoms with E-state index in [9.17, 15) is 4.79 Å². The summed E-state index contributed by atoms with van der Waals surface area (Å²) >= 11 is 1.72. The summed E-state index contributed by atoms with van der Waals surface area (Å²) in [6, 6.07) is 10.3. The van der Waals surface area contributed by atoms with Crippen LogP contribution in [0.5, 0.6) is 5.75 Å². The average molecular weight is 327 g/mol. The van der Waals surface area contributed by atoms with Crippen molar-refractivity contribution in [2.45, 2.75) is 50.5 Å². The fraction of sp³-hybridized carbons (Fsp3) is 0.421. The molecule has 23 heavy (non-hydrogen) atoms. The van der Waals surface area contributed by atoms with Gasteiger partial charge in [-0.1, -0.05) is 18.6 Å². The molecule has 1 amide bonds. The molecule has 2 aromatic rings. The minimum absolute atomic E-state index is 0.100. The van der Waals surface area contributed by atoms with Crippen LogP contribution in [0, 0.1) is 0 Å². The van der Waals surface area contributed by atoms with E-state index in [-0.39, 0.29) is 11.8 Å². The first kappa shape index (κ1) is 14.8. The number of thiophene rings is 1. The topological polar surface area (TPSA) is 38.3 Å². The van der Waals surface area contributed by atoms with Crippen molar-refractivity contribution < 1.29 is 9.53 Å². The van der Waals surface area contributed by atoms with Gasteiger partial charge in [-0.3, -0.25) is 4.79 Å². The molecule has 4 rings (SSSR count). The Kier molecular flexibility index (Phi) is 4.08. The van der Waals surface area contributed by atoms with Gasteiger partial charge < -0.3 is 10.1 Å².